The summed E-state index contributed by atoms with van der Waals surface area (Å²) < 4.78 is 3.63. The Hall–Kier alpha value is -2.80. The van der Waals surface area contributed by atoms with Crippen molar-refractivity contribution in [2.75, 3.05) is 6.61 Å². The van der Waals surface area contributed by atoms with E-state index in [4.69, 9.17) is 5.11 Å². The van der Waals surface area contributed by atoms with E-state index in [0.29, 0.717) is 12.2 Å². The Morgan fingerprint density at radius 2 is 1.91 bits per heavy atom. The van der Waals surface area contributed by atoms with E-state index in [0.717, 1.165) is 22.2 Å². The summed E-state index contributed by atoms with van der Waals surface area (Å²) in [5.41, 5.74) is 5.06. The zero-order chi connectivity index (χ0) is 16.0. The largest absolute Gasteiger partial charge is 0.394 e. The highest BCUT2D eigenvalue weighted by Gasteiger charge is 2.14. The molecule has 0 aliphatic carbocycles. The molecular formula is C16H16N6O. The Bertz CT molecular complexity index is 1020. The van der Waals surface area contributed by atoms with Crippen molar-refractivity contribution in [1.29, 1.82) is 0 Å². The van der Waals surface area contributed by atoms with Gasteiger partial charge in [-0.15, -0.1) is 0 Å². The van der Waals surface area contributed by atoms with Crippen LogP contribution in [0.4, 0.5) is 0 Å². The molecule has 7 nitrogen and oxygen atoms in total. The minimum absolute atomic E-state index is 0.0165. The topological polar surface area (TPSA) is 81.7 Å². The molecule has 4 aromatic rings. The quantitative estimate of drug-likeness (QED) is 0.624. The van der Waals surface area contributed by atoms with Gasteiger partial charge in [0.05, 0.1) is 35.8 Å². The van der Waals surface area contributed by atoms with E-state index in [-0.39, 0.29) is 6.61 Å². The molecule has 0 saturated carbocycles. The molecule has 116 valence electrons. The van der Waals surface area contributed by atoms with E-state index in [1.54, 1.807) is 17.2 Å². The first-order valence-electron chi connectivity index (χ1n) is 7.41. The third-order valence-electron chi connectivity index (χ3n) is 4.12. The maximum atomic E-state index is 9.13. The Balaban J connectivity index is 1.98. The van der Waals surface area contributed by atoms with Gasteiger partial charge < -0.3 is 5.11 Å². The molecule has 3 aromatic heterocycles. The molecule has 0 radical (unpaired) electrons. The third kappa shape index (κ3) is 2.08. The molecule has 1 aromatic carbocycles. The second-order valence-electron chi connectivity index (χ2n) is 5.57. The minimum Gasteiger partial charge on any atom is -0.394 e. The van der Waals surface area contributed by atoms with Crippen LogP contribution in [0.1, 0.15) is 11.1 Å². The number of nitrogens with zero attached hydrogens (tertiary/aromatic N) is 6. The average molecular weight is 308 g/mol. The molecule has 23 heavy (non-hydrogen) atoms. The van der Waals surface area contributed by atoms with Gasteiger partial charge >= 0.3 is 0 Å². The van der Waals surface area contributed by atoms with E-state index in [1.807, 2.05) is 4.57 Å². The molecule has 0 aliphatic rings. The van der Waals surface area contributed by atoms with Gasteiger partial charge in [-0.05, 0) is 37.1 Å². The first kappa shape index (κ1) is 13.8. The van der Waals surface area contributed by atoms with Crippen LogP contribution >= 0.6 is 0 Å². The second kappa shape index (κ2) is 5.13. The van der Waals surface area contributed by atoms with Gasteiger partial charge in [-0.3, -0.25) is 4.57 Å². The summed E-state index contributed by atoms with van der Waals surface area (Å²) in [4.78, 5) is 13.2. The van der Waals surface area contributed by atoms with Crippen LogP contribution < -0.4 is 0 Å². The third-order valence-corrected chi connectivity index (χ3v) is 4.12. The summed E-state index contributed by atoms with van der Waals surface area (Å²) in [7, 11) is 0. The van der Waals surface area contributed by atoms with Crippen molar-refractivity contribution in [3.63, 3.8) is 0 Å². The Morgan fingerprint density at radius 1 is 1.09 bits per heavy atom. The van der Waals surface area contributed by atoms with Crippen molar-refractivity contribution in [3.05, 3.63) is 42.1 Å². The maximum absolute atomic E-state index is 9.13. The number of hydrogen-bond acceptors (Lipinski definition) is 5. The summed E-state index contributed by atoms with van der Waals surface area (Å²) in [6, 6.07) is 4.19. The van der Waals surface area contributed by atoms with Gasteiger partial charge in [0.2, 0.25) is 0 Å². The first-order valence-corrected chi connectivity index (χ1v) is 7.41. The van der Waals surface area contributed by atoms with Gasteiger partial charge in [0, 0.05) is 0 Å². The van der Waals surface area contributed by atoms with Crippen LogP contribution in [-0.2, 0) is 6.54 Å². The minimum atomic E-state index is 0.0165. The molecule has 0 aliphatic heterocycles. The molecule has 0 spiro atoms. The standard InChI is InChI=1S/C16H16N6O/c1-10-5-13-14(6-11(10)2)21(9-19-13)15-12-7-20-22(3-4-23)16(12)18-8-17-15/h5-9,23H,3-4H2,1-2H3. The number of rotatable bonds is 3. The lowest BCUT2D eigenvalue weighted by Gasteiger charge is -2.06. The smallest absolute Gasteiger partial charge is 0.163 e. The van der Waals surface area contributed by atoms with Crippen LogP contribution in [0.2, 0.25) is 0 Å². The van der Waals surface area contributed by atoms with Crippen molar-refractivity contribution in [2.45, 2.75) is 20.4 Å². The molecule has 4 rings (SSSR count). The molecule has 3 heterocycles. The number of aryl methyl sites for hydroxylation is 2. The number of fused-ring (bicyclic) bond motifs is 2. The van der Waals surface area contributed by atoms with Crippen molar-refractivity contribution in [1.82, 2.24) is 29.3 Å². The van der Waals surface area contributed by atoms with Gasteiger partial charge in [0.25, 0.3) is 0 Å². The molecule has 0 atom stereocenters. The highest BCUT2D eigenvalue weighted by molar-refractivity contribution is 5.86. The average Bonchev–Trinajstić information content (AvgIpc) is 3.13. The van der Waals surface area contributed by atoms with Crippen LogP contribution in [0.3, 0.4) is 0 Å². The van der Waals surface area contributed by atoms with Crippen LogP contribution in [0.15, 0.2) is 31.0 Å². The maximum Gasteiger partial charge on any atom is 0.163 e. The Morgan fingerprint density at radius 3 is 2.74 bits per heavy atom. The summed E-state index contributed by atoms with van der Waals surface area (Å²) in [5.74, 6) is 0.741. The zero-order valence-corrected chi connectivity index (χ0v) is 12.9. The highest BCUT2D eigenvalue weighted by Crippen LogP contribution is 2.24. The van der Waals surface area contributed by atoms with Crippen molar-refractivity contribution in [3.8, 4) is 5.82 Å². The van der Waals surface area contributed by atoms with Gasteiger partial charge in [-0.2, -0.15) is 5.10 Å². The lowest BCUT2D eigenvalue weighted by Crippen LogP contribution is -2.05. The number of aliphatic hydroxyl groups excluding tert-OH is 1. The fourth-order valence-electron chi connectivity index (χ4n) is 2.76. The molecule has 0 fully saturated rings. The predicted molar refractivity (Wildman–Crippen MR) is 86.5 cm³/mol. The molecular weight excluding hydrogens is 292 g/mol. The Labute approximate surface area is 132 Å². The summed E-state index contributed by atoms with van der Waals surface area (Å²) >= 11 is 0. The summed E-state index contributed by atoms with van der Waals surface area (Å²) in [6.45, 7) is 4.59. The predicted octanol–water partition coefficient (Wildman–Crippen LogP) is 1.77. The van der Waals surface area contributed by atoms with E-state index >= 15 is 0 Å². The fraction of sp³-hybridized carbons (Fsp3) is 0.250. The first-order chi connectivity index (χ1) is 11.2. The highest BCUT2D eigenvalue weighted by atomic mass is 16.3. The van der Waals surface area contributed by atoms with E-state index in [1.165, 1.54) is 17.5 Å². The number of aliphatic hydroxyl groups is 1. The Kier molecular flexibility index (Phi) is 3.09. The van der Waals surface area contributed by atoms with Crippen molar-refractivity contribution < 1.29 is 5.11 Å². The monoisotopic (exact) mass is 308 g/mol. The van der Waals surface area contributed by atoms with E-state index in [2.05, 4.69) is 46.0 Å². The zero-order valence-electron chi connectivity index (χ0n) is 12.9. The number of benzene rings is 1. The number of aromatic nitrogens is 6. The van der Waals surface area contributed by atoms with Crippen LogP contribution in [0, 0.1) is 13.8 Å². The number of imidazole rings is 1. The molecule has 0 saturated heterocycles. The van der Waals surface area contributed by atoms with Crippen molar-refractivity contribution >= 4 is 22.1 Å². The van der Waals surface area contributed by atoms with Gasteiger partial charge in [-0.25, -0.2) is 19.6 Å². The SMILES string of the molecule is Cc1cc2ncn(-c3ncnc4c3cnn4CCO)c2cc1C. The van der Waals surface area contributed by atoms with Crippen molar-refractivity contribution in [2.24, 2.45) is 0 Å². The summed E-state index contributed by atoms with van der Waals surface area (Å²) in [6.07, 6.45) is 5.02. The summed E-state index contributed by atoms with van der Waals surface area (Å²) in [5, 5.41) is 14.2. The molecule has 0 unspecified atom stereocenters. The van der Waals surface area contributed by atoms with E-state index < -0.39 is 0 Å². The van der Waals surface area contributed by atoms with Gasteiger partial charge in [-0.1, -0.05) is 0 Å². The lowest BCUT2D eigenvalue weighted by molar-refractivity contribution is 0.271. The van der Waals surface area contributed by atoms with E-state index in [9.17, 15) is 0 Å². The van der Waals surface area contributed by atoms with Crippen LogP contribution in [-0.4, -0.2) is 41.0 Å². The number of hydrogen-bond donors (Lipinski definition) is 1. The van der Waals surface area contributed by atoms with Crippen LogP contribution in [0.25, 0.3) is 27.9 Å². The molecule has 0 bridgehead atoms. The molecule has 1 N–H and O–H groups in total. The lowest BCUT2D eigenvalue weighted by atomic mass is 10.1. The second-order valence-corrected chi connectivity index (χ2v) is 5.57. The molecule has 7 heteroatoms. The van der Waals surface area contributed by atoms with Crippen LogP contribution in [0.5, 0.6) is 0 Å². The van der Waals surface area contributed by atoms with Gasteiger partial charge in [0.1, 0.15) is 12.7 Å². The fourth-order valence-corrected chi connectivity index (χ4v) is 2.76. The molecule has 0 amide bonds. The normalized spacial score (nSPS) is 11.6. The van der Waals surface area contributed by atoms with Gasteiger partial charge in [0.15, 0.2) is 11.5 Å².